The average Bonchev–Trinajstić information content (AvgIpc) is 2.87. The second-order valence-corrected chi connectivity index (χ2v) is 7.73. The van der Waals surface area contributed by atoms with Gasteiger partial charge in [-0.25, -0.2) is 4.79 Å². The van der Waals surface area contributed by atoms with E-state index >= 15 is 0 Å². The van der Waals surface area contributed by atoms with E-state index in [9.17, 15) is 25.0 Å². The molecule has 0 heterocycles. The predicted molar refractivity (Wildman–Crippen MR) is 133 cm³/mol. The number of hydrogen-bond acceptors (Lipinski definition) is 7. The zero-order valence-corrected chi connectivity index (χ0v) is 19.8. The molecule has 10 heteroatoms. The Kier molecular flexibility index (Phi) is 8.75. The maximum Gasteiger partial charge on any atom is 0.338 e. The number of hydrogen-bond donors (Lipinski definition) is 1. The molecule has 0 aliphatic carbocycles. The molecule has 0 atom stereocenters. The summed E-state index contributed by atoms with van der Waals surface area (Å²) in [5.74, 6) is -0.768. The monoisotopic (exact) mass is 505 g/mol. The van der Waals surface area contributed by atoms with Gasteiger partial charge in [-0.15, -0.1) is 0 Å². The molecule has 0 unspecified atom stereocenters. The molecule has 0 aliphatic heterocycles. The van der Waals surface area contributed by atoms with E-state index in [2.05, 4.69) is 5.32 Å². The molecule has 3 rings (SSSR count). The van der Waals surface area contributed by atoms with Gasteiger partial charge in [-0.1, -0.05) is 29.8 Å². The molecule has 0 spiro atoms. The average molecular weight is 506 g/mol. The number of esters is 1. The quantitative estimate of drug-likeness (QED) is 0.132. The molecule has 9 nitrogen and oxygen atoms in total. The highest BCUT2D eigenvalue weighted by Crippen LogP contribution is 2.28. The van der Waals surface area contributed by atoms with Crippen LogP contribution in [0.3, 0.4) is 0 Å². The zero-order valence-electron chi connectivity index (χ0n) is 19.1. The van der Waals surface area contributed by atoms with Crippen LogP contribution in [0, 0.1) is 21.4 Å². The number of non-ortho nitro benzene ring substituents is 1. The summed E-state index contributed by atoms with van der Waals surface area (Å²) in [6, 6.07) is 18.7. The Balaban J connectivity index is 1.67. The van der Waals surface area contributed by atoms with Gasteiger partial charge in [-0.05, 0) is 60.5 Å². The van der Waals surface area contributed by atoms with Crippen molar-refractivity contribution in [1.29, 1.82) is 5.26 Å². The third kappa shape index (κ3) is 6.91. The van der Waals surface area contributed by atoms with Gasteiger partial charge >= 0.3 is 5.97 Å². The Morgan fingerprint density at radius 3 is 2.53 bits per heavy atom. The number of ether oxygens (including phenoxy) is 2. The number of amides is 1. The molecule has 3 aromatic carbocycles. The van der Waals surface area contributed by atoms with Crippen LogP contribution in [0.5, 0.6) is 5.75 Å². The Hall–Kier alpha value is -4.68. The number of carbonyl (C=O) groups excluding carboxylic acids is 2. The van der Waals surface area contributed by atoms with Crippen molar-refractivity contribution in [2.75, 3.05) is 11.9 Å². The molecule has 1 N–H and O–H groups in total. The van der Waals surface area contributed by atoms with Gasteiger partial charge in [0.15, 0.2) is 0 Å². The number of benzene rings is 3. The van der Waals surface area contributed by atoms with Crippen molar-refractivity contribution in [3.63, 3.8) is 0 Å². The number of carbonyl (C=O) groups is 2. The van der Waals surface area contributed by atoms with E-state index in [0.717, 1.165) is 0 Å². The second-order valence-electron chi connectivity index (χ2n) is 7.33. The van der Waals surface area contributed by atoms with Crippen molar-refractivity contribution in [1.82, 2.24) is 0 Å². The molecule has 0 aliphatic rings. The Bertz CT molecular complexity index is 1360. The number of nitrogens with zero attached hydrogens (tertiary/aromatic N) is 2. The van der Waals surface area contributed by atoms with Crippen molar-refractivity contribution in [3.05, 3.63) is 104 Å². The first-order chi connectivity index (χ1) is 17.3. The van der Waals surface area contributed by atoms with Crippen molar-refractivity contribution in [2.24, 2.45) is 0 Å². The number of nitro groups is 1. The molecule has 0 fully saturated rings. The third-order valence-electron chi connectivity index (χ3n) is 4.80. The molecular weight excluding hydrogens is 486 g/mol. The predicted octanol–water partition coefficient (Wildman–Crippen LogP) is 5.55. The zero-order chi connectivity index (χ0) is 26.1. The van der Waals surface area contributed by atoms with Crippen molar-refractivity contribution < 1.29 is 24.0 Å². The maximum absolute atomic E-state index is 12.6. The third-order valence-corrected chi connectivity index (χ3v) is 5.10. The number of nitro benzene ring substituents is 1. The molecule has 0 aromatic heterocycles. The highest BCUT2D eigenvalue weighted by Gasteiger charge is 2.12. The fourth-order valence-corrected chi connectivity index (χ4v) is 3.31. The van der Waals surface area contributed by atoms with Crippen LogP contribution in [-0.4, -0.2) is 23.4 Å². The van der Waals surface area contributed by atoms with E-state index in [-0.39, 0.29) is 29.5 Å². The molecule has 0 saturated heterocycles. The van der Waals surface area contributed by atoms with Gasteiger partial charge in [-0.2, -0.15) is 5.26 Å². The largest absolute Gasteiger partial charge is 0.487 e. The molecule has 3 aromatic rings. The van der Waals surface area contributed by atoms with Crippen molar-refractivity contribution in [2.45, 2.75) is 13.5 Å². The number of halogens is 1. The minimum Gasteiger partial charge on any atom is -0.487 e. The molecular formula is C26H20ClN3O6. The van der Waals surface area contributed by atoms with E-state index in [4.69, 9.17) is 21.1 Å². The van der Waals surface area contributed by atoms with E-state index in [0.29, 0.717) is 28.1 Å². The summed E-state index contributed by atoms with van der Waals surface area (Å²) in [5.41, 5.74) is 1.63. The van der Waals surface area contributed by atoms with Gasteiger partial charge in [0, 0.05) is 17.8 Å². The second kappa shape index (κ2) is 12.1. The van der Waals surface area contributed by atoms with Crippen LogP contribution in [0.2, 0.25) is 5.02 Å². The smallest absolute Gasteiger partial charge is 0.338 e. The molecule has 182 valence electrons. The highest BCUT2D eigenvalue weighted by atomic mass is 35.5. The fraction of sp³-hybridized carbons (Fsp3) is 0.115. The topological polar surface area (TPSA) is 132 Å². The Morgan fingerprint density at radius 2 is 1.89 bits per heavy atom. The van der Waals surface area contributed by atoms with E-state index < -0.39 is 16.8 Å². The number of anilines is 1. The maximum atomic E-state index is 12.6. The van der Waals surface area contributed by atoms with Crippen LogP contribution in [0.4, 0.5) is 11.4 Å². The van der Waals surface area contributed by atoms with E-state index in [1.54, 1.807) is 31.2 Å². The normalized spacial score (nSPS) is 10.8. The molecule has 0 saturated carbocycles. The van der Waals surface area contributed by atoms with E-state index in [1.807, 2.05) is 6.07 Å². The lowest BCUT2D eigenvalue weighted by molar-refractivity contribution is -0.384. The minimum atomic E-state index is -0.636. The molecule has 0 radical (unpaired) electrons. The SMILES string of the molecule is CCOC(=O)c1ccc(NC(=O)/C(C#N)=C/c2ccc(OCc3cccc([N+](=O)[O-])c3)c(Cl)c2)cc1. The van der Waals surface area contributed by atoms with Crippen molar-refractivity contribution in [3.8, 4) is 11.8 Å². The lowest BCUT2D eigenvalue weighted by Gasteiger charge is -2.09. The van der Waals surface area contributed by atoms with Gasteiger partial charge in [0.2, 0.25) is 0 Å². The van der Waals surface area contributed by atoms with Crippen molar-refractivity contribution >= 4 is 40.9 Å². The van der Waals surface area contributed by atoms with Crippen LogP contribution in [0.25, 0.3) is 6.08 Å². The number of rotatable bonds is 9. The number of nitriles is 1. The first kappa shape index (κ1) is 25.9. The van der Waals surface area contributed by atoms with E-state index in [1.165, 1.54) is 48.5 Å². The highest BCUT2D eigenvalue weighted by molar-refractivity contribution is 6.32. The fourth-order valence-electron chi connectivity index (χ4n) is 3.06. The first-order valence-corrected chi connectivity index (χ1v) is 11.0. The summed E-state index contributed by atoms with van der Waals surface area (Å²) in [4.78, 5) is 34.7. The van der Waals surface area contributed by atoms with Crippen LogP contribution < -0.4 is 10.1 Å². The minimum absolute atomic E-state index is 0.0417. The molecule has 1 amide bonds. The summed E-state index contributed by atoms with van der Waals surface area (Å²) in [5, 5.41) is 23.2. The van der Waals surface area contributed by atoms with Crippen LogP contribution in [0.1, 0.15) is 28.4 Å². The lowest BCUT2D eigenvalue weighted by Crippen LogP contribution is -2.13. The summed E-state index contributed by atoms with van der Waals surface area (Å²) in [6.07, 6.45) is 1.37. The van der Waals surface area contributed by atoms with Gasteiger partial charge in [0.25, 0.3) is 11.6 Å². The Labute approximate surface area is 211 Å². The summed E-state index contributed by atoms with van der Waals surface area (Å²) in [7, 11) is 0. The number of nitrogens with one attached hydrogen (secondary N) is 1. The van der Waals surface area contributed by atoms with Crippen LogP contribution in [-0.2, 0) is 16.1 Å². The summed E-state index contributed by atoms with van der Waals surface area (Å²) >= 11 is 6.29. The first-order valence-electron chi connectivity index (χ1n) is 10.7. The van der Waals surface area contributed by atoms with Gasteiger partial charge in [-0.3, -0.25) is 14.9 Å². The summed E-state index contributed by atoms with van der Waals surface area (Å²) < 4.78 is 10.6. The lowest BCUT2D eigenvalue weighted by atomic mass is 10.1. The van der Waals surface area contributed by atoms with Crippen LogP contribution >= 0.6 is 11.6 Å². The Morgan fingerprint density at radius 1 is 1.14 bits per heavy atom. The van der Waals surface area contributed by atoms with Crippen LogP contribution in [0.15, 0.2) is 72.3 Å². The molecule has 0 bridgehead atoms. The van der Waals surface area contributed by atoms with Gasteiger partial charge < -0.3 is 14.8 Å². The molecule has 36 heavy (non-hydrogen) atoms. The summed E-state index contributed by atoms with van der Waals surface area (Å²) in [6.45, 7) is 2.02. The standard InChI is InChI=1S/C26H20ClN3O6/c1-2-35-26(32)19-7-9-21(10-8-19)29-25(31)20(15-28)12-17-6-11-24(23(27)14-17)36-16-18-4-3-5-22(13-18)30(33)34/h3-14H,2,16H2,1H3,(H,29,31)/b20-12+. The van der Waals surface area contributed by atoms with Gasteiger partial charge in [0.05, 0.1) is 22.1 Å². The van der Waals surface area contributed by atoms with Gasteiger partial charge in [0.1, 0.15) is 24.0 Å².